The highest BCUT2D eigenvalue weighted by Crippen LogP contribution is 2.48. The molecule has 1 aliphatic carbocycles. The standard InChI is InChI=1S/C17H15ClN2O/c18-12-7-5-10(6-8-12)15-14-9-11-3-1-2-4-13(11)16(14)21-17(19)20-15/h1-8,14-16H,9H2,(H2,19,20). The highest BCUT2D eigenvalue weighted by atomic mass is 35.5. The van der Waals surface area contributed by atoms with Gasteiger partial charge < -0.3 is 10.5 Å². The fourth-order valence-corrected chi connectivity index (χ4v) is 3.52. The normalized spacial score (nSPS) is 26.5. The lowest BCUT2D eigenvalue weighted by Crippen LogP contribution is -2.31. The molecule has 1 heterocycles. The summed E-state index contributed by atoms with van der Waals surface area (Å²) in [6.45, 7) is 0. The lowest BCUT2D eigenvalue weighted by atomic mass is 9.88. The van der Waals surface area contributed by atoms with Crippen LogP contribution in [-0.2, 0) is 11.2 Å². The molecule has 0 bridgehead atoms. The molecule has 21 heavy (non-hydrogen) atoms. The lowest BCUT2D eigenvalue weighted by molar-refractivity contribution is 0.0964. The summed E-state index contributed by atoms with van der Waals surface area (Å²) in [7, 11) is 0. The van der Waals surface area contributed by atoms with Gasteiger partial charge in [-0.25, -0.2) is 4.99 Å². The maximum Gasteiger partial charge on any atom is 0.283 e. The minimum atomic E-state index is -0.000576. The van der Waals surface area contributed by atoms with E-state index >= 15 is 0 Å². The number of halogens is 1. The zero-order valence-electron chi connectivity index (χ0n) is 11.4. The van der Waals surface area contributed by atoms with Gasteiger partial charge in [-0.2, -0.15) is 0 Å². The molecule has 3 unspecified atom stereocenters. The van der Waals surface area contributed by atoms with Gasteiger partial charge in [0.05, 0.1) is 6.04 Å². The Balaban J connectivity index is 1.76. The van der Waals surface area contributed by atoms with Gasteiger partial charge in [-0.15, -0.1) is 0 Å². The van der Waals surface area contributed by atoms with Crippen molar-refractivity contribution in [2.75, 3.05) is 0 Å². The topological polar surface area (TPSA) is 47.6 Å². The smallest absolute Gasteiger partial charge is 0.283 e. The van der Waals surface area contributed by atoms with Gasteiger partial charge in [0.15, 0.2) is 0 Å². The Labute approximate surface area is 128 Å². The van der Waals surface area contributed by atoms with E-state index in [0.29, 0.717) is 0 Å². The van der Waals surface area contributed by atoms with E-state index in [4.69, 9.17) is 22.1 Å². The zero-order chi connectivity index (χ0) is 14.4. The van der Waals surface area contributed by atoms with Gasteiger partial charge in [0.1, 0.15) is 6.10 Å². The van der Waals surface area contributed by atoms with E-state index in [2.05, 4.69) is 23.2 Å². The van der Waals surface area contributed by atoms with Crippen LogP contribution in [0.1, 0.15) is 28.8 Å². The van der Waals surface area contributed by atoms with Crippen molar-refractivity contribution in [2.45, 2.75) is 18.6 Å². The molecule has 2 N–H and O–H groups in total. The Morgan fingerprint density at radius 2 is 1.86 bits per heavy atom. The first kappa shape index (κ1) is 12.7. The third kappa shape index (κ3) is 2.09. The van der Waals surface area contributed by atoms with E-state index in [-0.39, 0.29) is 24.1 Å². The summed E-state index contributed by atoms with van der Waals surface area (Å²) in [6.07, 6.45) is 0.963. The molecular weight excluding hydrogens is 284 g/mol. The number of aliphatic imine (C=N–C) groups is 1. The molecule has 0 aromatic heterocycles. The second-order valence-corrected chi connectivity index (χ2v) is 6.01. The predicted molar refractivity (Wildman–Crippen MR) is 83.3 cm³/mol. The first-order valence-corrected chi connectivity index (χ1v) is 7.43. The van der Waals surface area contributed by atoms with E-state index in [9.17, 15) is 0 Å². The highest BCUT2D eigenvalue weighted by molar-refractivity contribution is 6.30. The number of hydrogen-bond acceptors (Lipinski definition) is 3. The van der Waals surface area contributed by atoms with Gasteiger partial charge >= 0.3 is 0 Å². The van der Waals surface area contributed by atoms with Crippen LogP contribution in [0, 0.1) is 5.92 Å². The highest BCUT2D eigenvalue weighted by Gasteiger charge is 2.42. The maximum absolute atomic E-state index is 5.98. The van der Waals surface area contributed by atoms with E-state index in [1.807, 2.05) is 30.3 Å². The van der Waals surface area contributed by atoms with Crippen molar-refractivity contribution in [1.82, 2.24) is 0 Å². The van der Waals surface area contributed by atoms with Crippen molar-refractivity contribution in [3.8, 4) is 0 Å². The number of nitrogens with two attached hydrogens (primary N) is 1. The Morgan fingerprint density at radius 3 is 2.67 bits per heavy atom. The molecule has 0 fully saturated rings. The zero-order valence-corrected chi connectivity index (χ0v) is 12.1. The second-order valence-electron chi connectivity index (χ2n) is 5.57. The fourth-order valence-electron chi connectivity index (χ4n) is 3.39. The van der Waals surface area contributed by atoms with Crippen molar-refractivity contribution >= 4 is 17.6 Å². The molecule has 0 saturated carbocycles. The van der Waals surface area contributed by atoms with Crippen LogP contribution < -0.4 is 5.73 Å². The minimum absolute atomic E-state index is 0.000576. The van der Waals surface area contributed by atoms with Crippen molar-refractivity contribution in [3.63, 3.8) is 0 Å². The number of amidine groups is 1. The van der Waals surface area contributed by atoms with Crippen LogP contribution in [0.2, 0.25) is 5.02 Å². The average Bonchev–Trinajstić information content (AvgIpc) is 2.86. The number of fused-ring (bicyclic) bond motifs is 3. The number of ether oxygens (including phenoxy) is 1. The lowest BCUT2D eigenvalue weighted by Gasteiger charge is -2.31. The van der Waals surface area contributed by atoms with Crippen LogP contribution in [0.4, 0.5) is 0 Å². The third-order valence-corrected chi connectivity index (χ3v) is 4.59. The molecule has 4 heteroatoms. The van der Waals surface area contributed by atoms with Crippen molar-refractivity contribution in [3.05, 3.63) is 70.2 Å². The van der Waals surface area contributed by atoms with Gasteiger partial charge in [-0.05, 0) is 35.2 Å². The largest absolute Gasteiger partial charge is 0.457 e. The molecule has 3 nitrogen and oxygen atoms in total. The Kier molecular flexibility index (Phi) is 2.89. The molecule has 2 aromatic rings. The predicted octanol–water partition coefficient (Wildman–Crippen LogP) is 3.64. The number of benzene rings is 2. The van der Waals surface area contributed by atoms with Gasteiger partial charge in [0.2, 0.25) is 0 Å². The Bertz CT molecular complexity index is 711. The molecule has 1 aliphatic heterocycles. The SMILES string of the molecule is NC1=NC(c2ccc(Cl)cc2)C2Cc3ccccc3C2O1. The van der Waals surface area contributed by atoms with Crippen LogP contribution in [0.15, 0.2) is 53.5 Å². The van der Waals surface area contributed by atoms with Crippen LogP contribution in [0.3, 0.4) is 0 Å². The molecule has 0 saturated heterocycles. The summed E-state index contributed by atoms with van der Waals surface area (Å²) in [5, 5.41) is 0.731. The summed E-state index contributed by atoms with van der Waals surface area (Å²) in [6, 6.07) is 16.5. The summed E-state index contributed by atoms with van der Waals surface area (Å²) in [5.74, 6) is 0.288. The first-order chi connectivity index (χ1) is 10.2. The third-order valence-electron chi connectivity index (χ3n) is 4.34. The molecule has 3 atom stereocenters. The summed E-state index contributed by atoms with van der Waals surface area (Å²) in [4.78, 5) is 4.54. The minimum Gasteiger partial charge on any atom is -0.457 e. The average molecular weight is 299 g/mol. The van der Waals surface area contributed by atoms with E-state index in [1.165, 1.54) is 11.1 Å². The molecule has 0 amide bonds. The Morgan fingerprint density at radius 1 is 1.10 bits per heavy atom. The van der Waals surface area contributed by atoms with Gasteiger partial charge in [0.25, 0.3) is 6.02 Å². The molecule has 0 radical (unpaired) electrons. The monoisotopic (exact) mass is 298 g/mol. The summed E-state index contributed by atoms with van der Waals surface area (Å²) in [5.41, 5.74) is 9.61. The second kappa shape index (κ2) is 4.78. The van der Waals surface area contributed by atoms with E-state index in [1.54, 1.807) is 0 Å². The van der Waals surface area contributed by atoms with Gasteiger partial charge in [0, 0.05) is 10.9 Å². The molecule has 2 aliphatic rings. The van der Waals surface area contributed by atoms with Crippen LogP contribution in [0.25, 0.3) is 0 Å². The van der Waals surface area contributed by atoms with Crippen molar-refractivity contribution < 1.29 is 4.74 Å². The molecule has 106 valence electrons. The number of rotatable bonds is 1. The summed E-state index contributed by atoms with van der Waals surface area (Å²) < 4.78 is 5.81. The number of hydrogen-bond donors (Lipinski definition) is 1. The summed E-state index contributed by atoms with van der Waals surface area (Å²) >= 11 is 5.98. The van der Waals surface area contributed by atoms with Gasteiger partial charge in [-0.1, -0.05) is 48.0 Å². The van der Waals surface area contributed by atoms with Crippen LogP contribution >= 0.6 is 11.6 Å². The van der Waals surface area contributed by atoms with Crippen LogP contribution in [0.5, 0.6) is 0 Å². The van der Waals surface area contributed by atoms with Crippen molar-refractivity contribution in [1.29, 1.82) is 0 Å². The molecule has 4 rings (SSSR count). The molecule has 2 aromatic carbocycles. The maximum atomic E-state index is 5.98. The molecule has 0 spiro atoms. The van der Waals surface area contributed by atoms with Gasteiger partial charge in [-0.3, -0.25) is 0 Å². The number of nitrogens with zero attached hydrogens (tertiary/aromatic N) is 1. The molecular formula is C17H15ClN2O. The van der Waals surface area contributed by atoms with E-state index in [0.717, 1.165) is 17.0 Å². The van der Waals surface area contributed by atoms with E-state index < -0.39 is 0 Å². The Hall–Kier alpha value is -2.00. The fraction of sp³-hybridized carbons (Fsp3) is 0.235. The quantitative estimate of drug-likeness (QED) is 0.874. The first-order valence-electron chi connectivity index (χ1n) is 7.05. The van der Waals surface area contributed by atoms with Crippen molar-refractivity contribution in [2.24, 2.45) is 16.6 Å². The van der Waals surface area contributed by atoms with Crippen LogP contribution in [-0.4, -0.2) is 6.02 Å².